The van der Waals surface area contributed by atoms with Crippen molar-refractivity contribution in [3.05, 3.63) is 52.1 Å². The molecule has 2 saturated heterocycles. The molecule has 2 amide bonds. The lowest BCUT2D eigenvalue weighted by Crippen LogP contribution is -2.49. The van der Waals surface area contributed by atoms with Crippen molar-refractivity contribution < 1.29 is 9.59 Å². The van der Waals surface area contributed by atoms with E-state index in [2.05, 4.69) is 20.1 Å². The summed E-state index contributed by atoms with van der Waals surface area (Å²) in [7, 11) is 0. The van der Waals surface area contributed by atoms with Crippen LogP contribution in [0.15, 0.2) is 36.5 Å². The van der Waals surface area contributed by atoms with Gasteiger partial charge in [0.1, 0.15) is 5.82 Å². The molecule has 1 N–H and O–H groups in total. The zero-order valence-electron chi connectivity index (χ0n) is 17.6. The number of benzene rings is 1. The summed E-state index contributed by atoms with van der Waals surface area (Å²) >= 11 is 14.1. The van der Waals surface area contributed by atoms with Gasteiger partial charge in [0, 0.05) is 68.2 Å². The highest BCUT2D eigenvalue weighted by Gasteiger charge is 2.22. The number of aromatic nitrogens is 1. The standard InChI is InChI=1S/C22H25Cl2N5O2S/c23-17-13-19(24)21(25-14-17)28-6-4-27(5-7-28)15-20(30)26-18-3-1-2-16(12-18)22(31)29-8-10-32-11-9-29/h1-3,12-14H,4-11,15H2,(H,26,30). The van der Waals surface area contributed by atoms with Crippen molar-refractivity contribution in [3.63, 3.8) is 0 Å². The Morgan fingerprint density at radius 2 is 1.78 bits per heavy atom. The monoisotopic (exact) mass is 493 g/mol. The maximum absolute atomic E-state index is 12.7. The second-order valence-electron chi connectivity index (χ2n) is 7.76. The van der Waals surface area contributed by atoms with E-state index in [0.29, 0.717) is 27.1 Å². The Labute approximate surface area is 202 Å². The van der Waals surface area contributed by atoms with Gasteiger partial charge in [0.25, 0.3) is 5.91 Å². The van der Waals surface area contributed by atoms with Crippen LogP contribution in [0.5, 0.6) is 0 Å². The zero-order valence-corrected chi connectivity index (χ0v) is 19.9. The van der Waals surface area contributed by atoms with Crippen LogP contribution in [0.3, 0.4) is 0 Å². The molecule has 32 heavy (non-hydrogen) atoms. The molecule has 2 fully saturated rings. The third kappa shape index (κ3) is 5.86. The number of piperazine rings is 1. The maximum atomic E-state index is 12.7. The van der Waals surface area contributed by atoms with Crippen molar-refractivity contribution in [2.24, 2.45) is 0 Å². The molecule has 170 valence electrons. The third-order valence-electron chi connectivity index (χ3n) is 5.52. The summed E-state index contributed by atoms with van der Waals surface area (Å²) in [6, 6.07) is 8.87. The molecule has 0 aliphatic carbocycles. The number of carbonyl (C=O) groups excluding carboxylic acids is 2. The zero-order chi connectivity index (χ0) is 22.5. The summed E-state index contributed by atoms with van der Waals surface area (Å²) < 4.78 is 0. The van der Waals surface area contributed by atoms with Crippen LogP contribution >= 0.6 is 35.0 Å². The summed E-state index contributed by atoms with van der Waals surface area (Å²) in [5.41, 5.74) is 1.25. The lowest BCUT2D eigenvalue weighted by Gasteiger charge is -2.35. The minimum atomic E-state index is -0.0972. The predicted octanol–water partition coefficient (Wildman–Crippen LogP) is 3.34. The minimum absolute atomic E-state index is 0.0204. The molecule has 7 nitrogen and oxygen atoms in total. The van der Waals surface area contributed by atoms with Crippen molar-refractivity contribution in [1.29, 1.82) is 0 Å². The number of rotatable bonds is 5. The molecule has 0 bridgehead atoms. The van der Waals surface area contributed by atoms with Crippen molar-refractivity contribution in [1.82, 2.24) is 14.8 Å². The normalized spacial score (nSPS) is 17.3. The van der Waals surface area contributed by atoms with Gasteiger partial charge in [-0.05, 0) is 24.3 Å². The number of hydrogen-bond donors (Lipinski definition) is 1. The molecular weight excluding hydrogens is 469 g/mol. The quantitative estimate of drug-likeness (QED) is 0.688. The molecule has 0 unspecified atom stereocenters. The summed E-state index contributed by atoms with van der Waals surface area (Å²) in [5.74, 6) is 2.58. The Hall–Kier alpha value is -2.00. The molecule has 10 heteroatoms. The third-order valence-corrected chi connectivity index (χ3v) is 6.95. The van der Waals surface area contributed by atoms with Crippen LogP contribution in [0.1, 0.15) is 10.4 Å². The van der Waals surface area contributed by atoms with Gasteiger partial charge in [0.05, 0.1) is 16.6 Å². The number of thioether (sulfide) groups is 1. The van der Waals surface area contributed by atoms with Crippen molar-refractivity contribution in [3.8, 4) is 0 Å². The van der Waals surface area contributed by atoms with E-state index in [4.69, 9.17) is 23.2 Å². The van der Waals surface area contributed by atoms with Gasteiger partial charge in [-0.25, -0.2) is 4.98 Å². The molecule has 2 aromatic rings. The fraction of sp³-hybridized carbons (Fsp3) is 0.409. The van der Waals surface area contributed by atoms with Crippen molar-refractivity contribution >= 4 is 58.3 Å². The molecule has 2 aliphatic heterocycles. The van der Waals surface area contributed by atoms with E-state index in [-0.39, 0.29) is 18.4 Å². The smallest absolute Gasteiger partial charge is 0.253 e. The van der Waals surface area contributed by atoms with E-state index in [0.717, 1.165) is 50.8 Å². The van der Waals surface area contributed by atoms with Gasteiger partial charge in [-0.3, -0.25) is 14.5 Å². The second-order valence-corrected chi connectivity index (χ2v) is 9.82. The Morgan fingerprint density at radius 3 is 2.50 bits per heavy atom. The molecule has 3 heterocycles. The number of pyridine rings is 1. The fourth-order valence-corrected chi connectivity index (χ4v) is 5.24. The van der Waals surface area contributed by atoms with Crippen molar-refractivity contribution in [2.45, 2.75) is 0 Å². The number of nitrogens with one attached hydrogen (secondary N) is 1. The Kier molecular flexibility index (Phi) is 7.78. The summed E-state index contributed by atoms with van der Waals surface area (Å²) in [6.45, 7) is 4.71. The van der Waals surface area contributed by atoms with Crippen LogP contribution in [-0.2, 0) is 4.79 Å². The number of hydrogen-bond acceptors (Lipinski definition) is 6. The van der Waals surface area contributed by atoms with Crippen LogP contribution in [0.4, 0.5) is 11.5 Å². The largest absolute Gasteiger partial charge is 0.353 e. The molecule has 1 aromatic carbocycles. The van der Waals surface area contributed by atoms with Crippen LogP contribution in [0.25, 0.3) is 0 Å². The number of carbonyl (C=O) groups is 2. The second kappa shape index (κ2) is 10.7. The molecule has 0 spiro atoms. The van der Waals surface area contributed by atoms with Gasteiger partial charge < -0.3 is 15.1 Å². The van der Waals surface area contributed by atoms with Gasteiger partial charge in [-0.1, -0.05) is 29.3 Å². The first-order valence-electron chi connectivity index (χ1n) is 10.5. The van der Waals surface area contributed by atoms with Crippen LogP contribution in [0, 0.1) is 0 Å². The summed E-state index contributed by atoms with van der Waals surface area (Å²) in [5, 5.41) is 3.97. The van der Waals surface area contributed by atoms with Gasteiger partial charge in [-0.2, -0.15) is 11.8 Å². The Balaban J connectivity index is 1.28. The minimum Gasteiger partial charge on any atom is -0.353 e. The summed E-state index contributed by atoms with van der Waals surface area (Å²) in [4.78, 5) is 35.7. The fourth-order valence-electron chi connectivity index (χ4n) is 3.84. The van der Waals surface area contributed by atoms with Gasteiger partial charge >= 0.3 is 0 Å². The molecule has 1 aromatic heterocycles. The van der Waals surface area contributed by atoms with E-state index >= 15 is 0 Å². The van der Waals surface area contributed by atoms with Gasteiger partial charge in [-0.15, -0.1) is 0 Å². The number of anilines is 2. The first kappa shape index (κ1) is 23.2. The Bertz CT molecular complexity index is 979. The van der Waals surface area contributed by atoms with E-state index in [1.165, 1.54) is 0 Å². The highest BCUT2D eigenvalue weighted by atomic mass is 35.5. The average Bonchev–Trinajstić information content (AvgIpc) is 2.80. The highest BCUT2D eigenvalue weighted by Crippen LogP contribution is 2.26. The topological polar surface area (TPSA) is 68.8 Å². The lowest BCUT2D eigenvalue weighted by atomic mass is 10.1. The first-order valence-corrected chi connectivity index (χ1v) is 12.5. The number of nitrogens with zero attached hydrogens (tertiary/aromatic N) is 4. The first-order chi connectivity index (χ1) is 15.5. The van der Waals surface area contributed by atoms with Crippen LogP contribution in [0.2, 0.25) is 10.0 Å². The molecule has 4 rings (SSSR count). The van der Waals surface area contributed by atoms with Crippen LogP contribution in [-0.4, -0.2) is 83.9 Å². The van der Waals surface area contributed by atoms with E-state index in [1.54, 1.807) is 24.4 Å². The van der Waals surface area contributed by atoms with E-state index in [1.807, 2.05) is 28.8 Å². The molecule has 0 atom stereocenters. The van der Waals surface area contributed by atoms with Gasteiger partial charge in [0.15, 0.2) is 0 Å². The SMILES string of the molecule is O=C(CN1CCN(c2ncc(Cl)cc2Cl)CC1)Nc1cccc(C(=O)N2CCSCC2)c1. The molecule has 2 aliphatic rings. The van der Waals surface area contributed by atoms with E-state index < -0.39 is 0 Å². The highest BCUT2D eigenvalue weighted by molar-refractivity contribution is 7.99. The Morgan fingerprint density at radius 1 is 1.03 bits per heavy atom. The molecule has 0 radical (unpaired) electrons. The lowest BCUT2D eigenvalue weighted by molar-refractivity contribution is -0.117. The number of amides is 2. The van der Waals surface area contributed by atoms with Crippen LogP contribution < -0.4 is 10.2 Å². The molecular formula is C22H25Cl2N5O2S. The van der Waals surface area contributed by atoms with Crippen molar-refractivity contribution in [2.75, 3.05) is 67.5 Å². The maximum Gasteiger partial charge on any atom is 0.253 e. The average molecular weight is 494 g/mol. The van der Waals surface area contributed by atoms with Gasteiger partial charge in [0.2, 0.25) is 5.91 Å². The van der Waals surface area contributed by atoms with E-state index in [9.17, 15) is 9.59 Å². The molecule has 0 saturated carbocycles. The summed E-state index contributed by atoms with van der Waals surface area (Å²) in [6.07, 6.45) is 1.59. The predicted molar refractivity (Wildman–Crippen MR) is 131 cm³/mol. The number of halogens is 2.